The van der Waals surface area contributed by atoms with Gasteiger partial charge in [0.2, 0.25) is 11.8 Å². The van der Waals surface area contributed by atoms with Gasteiger partial charge in [-0.05, 0) is 61.0 Å². The van der Waals surface area contributed by atoms with Gasteiger partial charge in [0.15, 0.2) is 9.84 Å². The molecule has 1 aliphatic rings. The SMILES string of the molecule is CN[C@@H](C)C(=O)N[C@H]1CN(C(=O)CS(C)(=O)=O)c2ccc(C#N)cc2N(Cc2c(C)ccc3ccccc23)C1=O.Cl. The van der Waals surface area contributed by atoms with Crippen LogP contribution in [0.15, 0.2) is 54.6 Å². The lowest BCUT2D eigenvalue weighted by Gasteiger charge is -2.27. The highest BCUT2D eigenvalue weighted by molar-refractivity contribution is 7.91. The van der Waals surface area contributed by atoms with Crippen LogP contribution in [0.1, 0.15) is 23.6 Å². The average molecular weight is 598 g/mol. The van der Waals surface area contributed by atoms with Crippen LogP contribution < -0.4 is 20.4 Å². The topological polar surface area (TPSA) is 140 Å². The molecule has 0 aromatic heterocycles. The van der Waals surface area contributed by atoms with Gasteiger partial charge in [-0.15, -0.1) is 12.4 Å². The van der Waals surface area contributed by atoms with Gasteiger partial charge in [0.05, 0.1) is 42.1 Å². The number of hydrogen-bond donors (Lipinski definition) is 2. The Balaban J connectivity index is 0.00000462. The Morgan fingerprint density at radius 2 is 1.83 bits per heavy atom. The molecule has 0 saturated heterocycles. The van der Waals surface area contributed by atoms with Crippen LogP contribution in [0.4, 0.5) is 11.4 Å². The van der Waals surface area contributed by atoms with Crippen LogP contribution in [0.3, 0.4) is 0 Å². The number of sulfone groups is 1. The predicted octanol–water partition coefficient (Wildman–Crippen LogP) is 2.46. The number of aryl methyl sites for hydroxylation is 1. The molecule has 12 heteroatoms. The minimum absolute atomic E-state index is 0. The summed E-state index contributed by atoms with van der Waals surface area (Å²) >= 11 is 0. The van der Waals surface area contributed by atoms with Crippen molar-refractivity contribution in [3.63, 3.8) is 0 Å². The molecule has 0 radical (unpaired) electrons. The summed E-state index contributed by atoms with van der Waals surface area (Å²) in [6.07, 6.45) is 0.955. The number of nitriles is 1. The molecule has 4 rings (SSSR count). The molecular weight excluding hydrogens is 566 g/mol. The lowest BCUT2D eigenvalue weighted by molar-refractivity contribution is -0.128. The molecule has 41 heavy (non-hydrogen) atoms. The number of halogens is 1. The van der Waals surface area contributed by atoms with E-state index in [2.05, 4.69) is 16.7 Å². The highest BCUT2D eigenvalue weighted by Gasteiger charge is 2.38. The molecule has 0 saturated carbocycles. The third-order valence-electron chi connectivity index (χ3n) is 7.04. The van der Waals surface area contributed by atoms with Crippen molar-refractivity contribution in [2.45, 2.75) is 32.5 Å². The Morgan fingerprint density at radius 1 is 1.12 bits per heavy atom. The zero-order valence-electron chi connectivity index (χ0n) is 23.2. The molecule has 0 aliphatic carbocycles. The highest BCUT2D eigenvalue weighted by atomic mass is 35.5. The molecule has 3 aromatic carbocycles. The third-order valence-corrected chi connectivity index (χ3v) is 7.81. The zero-order chi connectivity index (χ0) is 29.2. The second-order valence-electron chi connectivity index (χ2n) is 9.97. The summed E-state index contributed by atoms with van der Waals surface area (Å²) in [5.41, 5.74) is 2.61. The molecule has 0 spiro atoms. The van der Waals surface area contributed by atoms with E-state index in [-0.39, 0.29) is 42.4 Å². The quantitative estimate of drug-likeness (QED) is 0.426. The van der Waals surface area contributed by atoms with E-state index in [4.69, 9.17) is 0 Å². The van der Waals surface area contributed by atoms with Crippen molar-refractivity contribution in [2.75, 3.05) is 35.4 Å². The molecule has 1 aliphatic heterocycles. The molecule has 0 fully saturated rings. The van der Waals surface area contributed by atoms with E-state index in [0.29, 0.717) is 0 Å². The second kappa shape index (κ2) is 12.7. The number of amides is 3. The molecule has 10 nitrogen and oxygen atoms in total. The average Bonchev–Trinajstić information content (AvgIpc) is 3.03. The van der Waals surface area contributed by atoms with Crippen molar-refractivity contribution < 1.29 is 22.8 Å². The number of carbonyl (C=O) groups excluding carboxylic acids is 3. The van der Waals surface area contributed by atoms with Gasteiger partial charge >= 0.3 is 0 Å². The minimum Gasteiger partial charge on any atom is -0.341 e. The molecule has 3 aromatic rings. The van der Waals surface area contributed by atoms with E-state index in [9.17, 15) is 28.1 Å². The number of anilines is 2. The van der Waals surface area contributed by atoms with Gasteiger partial charge in [-0.1, -0.05) is 36.4 Å². The molecule has 1 heterocycles. The highest BCUT2D eigenvalue weighted by Crippen LogP contribution is 2.36. The van der Waals surface area contributed by atoms with Gasteiger partial charge in [-0.3, -0.25) is 14.4 Å². The van der Waals surface area contributed by atoms with Crippen molar-refractivity contribution in [3.8, 4) is 6.07 Å². The van der Waals surface area contributed by atoms with Crippen LogP contribution in [0.25, 0.3) is 10.8 Å². The molecule has 0 unspecified atom stereocenters. The third kappa shape index (κ3) is 6.85. The van der Waals surface area contributed by atoms with Crippen LogP contribution in [-0.2, 0) is 30.8 Å². The van der Waals surface area contributed by atoms with Gasteiger partial charge in [0.1, 0.15) is 11.8 Å². The molecular formula is C29H32ClN5O5S. The van der Waals surface area contributed by atoms with Gasteiger partial charge in [-0.25, -0.2) is 8.42 Å². The van der Waals surface area contributed by atoms with Crippen molar-refractivity contribution >= 4 is 62.1 Å². The Hall–Kier alpha value is -3.98. The Morgan fingerprint density at radius 3 is 2.49 bits per heavy atom. The number of hydrogen-bond acceptors (Lipinski definition) is 7. The first-order valence-corrected chi connectivity index (χ1v) is 14.8. The van der Waals surface area contributed by atoms with Crippen LogP contribution in [0, 0.1) is 18.3 Å². The second-order valence-corrected chi connectivity index (χ2v) is 12.1. The number of rotatable bonds is 7. The van der Waals surface area contributed by atoms with Crippen LogP contribution in [-0.4, -0.2) is 63.8 Å². The van der Waals surface area contributed by atoms with E-state index in [0.717, 1.165) is 28.2 Å². The lowest BCUT2D eigenvalue weighted by atomic mass is 9.98. The Bertz CT molecular complexity index is 1650. The largest absolute Gasteiger partial charge is 0.341 e. The molecule has 2 atom stereocenters. The number of nitrogens with one attached hydrogen (secondary N) is 2. The van der Waals surface area contributed by atoms with Crippen LogP contribution >= 0.6 is 12.4 Å². The van der Waals surface area contributed by atoms with E-state index >= 15 is 0 Å². The molecule has 0 bridgehead atoms. The van der Waals surface area contributed by atoms with Crippen molar-refractivity contribution in [2.24, 2.45) is 0 Å². The number of fused-ring (bicyclic) bond motifs is 2. The number of likely N-dealkylation sites (N-methyl/N-ethyl adjacent to an activating group) is 1. The molecule has 2 N–H and O–H groups in total. The number of nitrogens with zero attached hydrogens (tertiary/aromatic N) is 3. The fraction of sp³-hybridized carbons (Fsp3) is 0.310. The standard InChI is InChI=1S/C29H31N5O5S.ClH/c1-18-9-11-21-7-5-6-8-22(21)23(18)15-34-26-13-20(14-30)10-12-25(26)33(27(35)17-40(4,38)39)16-24(29(34)37)32-28(36)19(2)31-3;/h5-13,19,24,31H,15-17H2,1-4H3,(H,32,36);1H/t19-,24-;/m0./s1. The van der Waals surface area contributed by atoms with Gasteiger partial charge in [0.25, 0.3) is 5.91 Å². The molecule has 3 amide bonds. The van der Waals surface area contributed by atoms with E-state index < -0.39 is 45.4 Å². The maximum Gasteiger partial charge on any atom is 0.251 e. The minimum atomic E-state index is -3.70. The van der Waals surface area contributed by atoms with Gasteiger partial charge in [-0.2, -0.15) is 5.26 Å². The lowest BCUT2D eigenvalue weighted by Crippen LogP contribution is -2.56. The van der Waals surface area contributed by atoms with E-state index in [1.807, 2.05) is 43.3 Å². The van der Waals surface area contributed by atoms with Crippen LogP contribution in [0.5, 0.6) is 0 Å². The smallest absolute Gasteiger partial charge is 0.251 e. The summed E-state index contributed by atoms with van der Waals surface area (Å²) in [6, 6.07) is 16.5. The fourth-order valence-electron chi connectivity index (χ4n) is 4.75. The number of carbonyl (C=O) groups is 3. The normalized spacial score (nSPS) is 15.8. The zero-order valence-corrected chi connectivity index (χ0v) is 24.8. The first-order chi connectivity index (χ1) is 18.9. The van der Waals surface area contributed by atoms with E-state index in [1.165, 1.54) is 28.0 Å². The summed E-state index contributed by atoms with van der Waals surface area (Å²) < 4.78 is 24.1. The van der Waals surface area contributed by atoms with Crippen molar-refractivity contribution in [3.05, 3.63) is 71.3 Å². The first-order valence-electron chi connectivity index (χ1n) is 12.7. The summed E-state index contributed by atoms with van der Waals surface area (Å²) in [6.45, 7) is 3.38. The van der Waals surface area contributed by atoms with Gasteiger partial charge < -0.3 is 20.4 Å². The monoisotopic (exact) mass is 597 g/mol. The van der Waals surface area contributed by atoms with Gasteiger partial charge in [0, 0.05) is 6.26 Å². The summed E-state index contributed by atoms with van der Waals surface area (Å²) in [5.74, 6) is -2.47. The Labute approximate surface area is 245 Å². The van der Waals surface area contributed by atoms with Crippen LogP contribution in [0.2, 0.25) is 0 Å². The van der Waals surface area contributed by atoms with Crippen molar-refractivity contribution in [1.29, 1.82) is 5.26 Å². The summed E-state index contributed by atoms with van der Waals surface area (Å²) in [4.78, 5) is 43.1. The first kappa shape index (κ1) is 31.5. The summed E-state index contributed by atoms with van der Waals surface area (Å²) in [5, 5.41) is 17.1. The maximum atomic E-state index is 14.2. The maximum absolute atomic E-state index is 14.2. The number of benzene rings is 3. The van der Waals surface area contributed by atoms with Crippen molar-refractivity contribution in [1.82, 2.24) is 10.6 Å². The predicted molar refractivity (Wildman–Crippen MR) is 161 cm³/mol. The fourth-order valence-corrected chi connectivity index (χ4v) is 5.36. The van der Waals surface area contributed by atoms with E-state index in [1.54, 1.807) is 14.0 Å². The summed E-state index contributed by atoms with van der Waals surface area (Å²) in [7, 11) is -2.10. The molecule has 216 valence electrons. The Kier molecular flexibility index (Phi) is 9.76.